The molecular weight excluding hydrogens is 411 g/mol. The van der Waals surface area contributed by atoms with E-state index in [-0.39, 0.29) is 22.2 Å². The molecular formula is C19H15F5N4O2. The molecule has 158 valence electrons. The molecule has 0 bridgehead atoms. The Kier molecular flexibility index (Phi) is 5.72. The lowest BCUT2D eigenvalue weighted by molar-refractivity contribution is 0.146. The first kappa shape index (κ1) is 21.2. The maximum absolute atomic E-state index is 13.7. The lowest BCUT2D eigenvalue weighted by Crippen LogP contribution is -2.34. The minimum atomic E-state index is -3.06. The Morgan fingerprint density at radius 2 is 1.70 bits per heavy atom. The molecule has 0 spiro atoms. The van der Waals surface area contributed by atoms with Crippen LogP contribution in [-0.4, -0.2) is 28.2 Å². The Morgan fingerprint density at radius 1 is 1.07 bits per heavy atom. The van der Waals surface area contributed by atoms with Gasteiger partial charge in [-0.25, -0.2) is 31.8 Å². The van der Waals surface area contributed by atoms with E-state index in [1.54, 1.807) is 0 Å². The van der Waals surface area contributed by atoms with Gasteiger partial charge in [-0.3, -0.25) is 4.79 Å². The number of nitrogens with one attached hydrogen (secondary N) is 2. The molecule has 11 heteroatoms. The Hall–Kier alpha value is -3.50. The number of halogens is 5. The maximum atomic E-state index is 13.7. The third-order valence-electron chi connectivity index (χ3n) is 4.64. The molecule has 0 saturated heterocycles. The fourth-order valence-electron chi connectivity index (χ4n) is 2.86. The van der Waals surface area contributed by atoms with E-state index in [1.165, 1.54) is 14.0 Å². The van der Waals surface area contributed by atoms with Crippen LogP contribution in [0.3, 0.4) is 0 Å². The van der Waals surface area contributed by atoms with Gasteiger partial charge in [0.1, 0.15) is 5.82 Å². The summed E-state index contributed by atoms with van der Waals surface area (Å²) in [6.07, 6.45) is -3.06. The summed E-state index contributed by atoms with van der Waals surface area (Å²) in [4.78, 5) is 25.5. The van der Waals surface area contributed by atoms with Crippen molar-refractivity contribution in [1.29, 1.82) is 0 Å². The summed E-state index contributed by atoms with van der Waals surface area (Å²) < 4.78 is 66.3. The van der Waals surface area contributed by atoms with E-state index in [1.807, 2.05) is 0 Å². The zero-order valence-electron chi connectivity index (χ0n) is 15.6. The number of aromatic nitrogens is 2. The van der Waals surface area contributed by atoms with Gasteiger partial charge in [0.2, 0.25) is 0 Å². The van der Waals surface area contributed by atoms with Crippen molar-refractivity contribution in [3.8, 4) is 0 Å². The lowest BCUT2D eigenvalue weighted by Gasteiger charge is -2.25. The Labute approximate surface area is 166 Å². The minimum Gasteiger partial charge on any atom is -0.319 e. The molecule has 0 saturated carbocycles. The van der Waals surface area contributed by atoms with Gasteiger partial charge < -0.3 is 10.2 Å². The van der Waals surface area contributed by atoms with Gasteiger partial charge in [-0.2, -0.15) is 5.10 Å². The highest BCUT2D eigenvalue weighted by molar-refractivity contribution is 5.90. The first-order valence-electron chi connectivity index (χ1n) is 8.59. The van der Waals surface area contributed by atoms with E-state index in [0.717, 1.165) is 35.2 Å². The van der Waals surface area contributed by atoms with Crippen molar-refractivity contribution in [2.75, 3.05) is 12.4 Å². The van der Waals surface area contributed by atoms with Crippen LogP contribution in [0.5, 0.6) is 0 Å². The van der Waals surface area contributed by atoms with E-state index in [4.69, 9.17) is 0 Å². The summed E-state index contributed by atoms with van der Waals surface area (Å²) in [7, 11) is 1.34. The normalized spacial score (nSPS) is 12.3. The molecule has 2 N–H and O–H groups in total. The van der Waals surface area contributed by atoms with E-state index < -0.39 is 47.1 Å². The van der Waals surface area contributed by atoms with Crippen LogP contribution in [0.2, 0.25) is 0 Å². The molecule has 0 aliphatic carbocycles. The second-order valence-corrected chi connectivity index (χ2v) is 6.50. The summed E-state index contributed by atoms with van der Waals surface area (Å²) in [5.41, 5.74) is -1.59. The average molecular weight is 426 g/mol. The van der Waals surface area contributed by atoms with E-state index in [2.05, 4.69) is 15.5 Å². The summed E-state index contributed by atoms with van der Waals surface area (Å²) in [6, 6.07) is 2.65. The Morgan fingerprint density at radius 3 is 2.33 bits per heavy atom. The van der Waals surface area contributed by atoms with Crippen molar-refractivity contribution >= 4 is 22.5 Å². The number of rotatable bonds is 4. The highest BCUT2D eigenvalue weighted by atomic mass is 19.3. The average Bonchev–Trinajstić information content (AvgIpc) is 2.70. The number of amides is 2. The molecule has 2 aromatic carbocycles. The monoisotopic (exact) mass is 426 g/mol. The number of carbonyl (C=O) groups excluding carboxylic acids is 1. The zero-order chi connectivity index (χ0) is 22.2. The number of fused-ring (bicyclic) bond motifs is 1. The highest BCUT2D eigenvalue weighted by Gasteiger charge is 2.23. The van der Waals surface area contributed by atoms with Crippen LogP contribution in [0.1, 0.15) is 30.6 Å². The smallest absolute Gasteiger partial charge is 0.319 e. The molecule has 30 heavy (non-hydrogen) atoms. The Bertz CT molecular complexity index is 1180. The maximum Gasteiger partial charge on any atom is 0.322 e. The third-order valence-corrected chi connectivity index (χ3v) is 4.64. The number of hydrogen-bond acceptors (Lipinski definition) is 3. The van der Waals surface area contributed by atoms with Crippen LogP contribution < -0.4 is 10.9 Å². The van der Waals surface area contributed by atoms with Crippen LogP contribution >= 0.6 is 0 Å². The van der Waals surface area contributed by atoms with Gasteiger partial charge in [0, 0.05) is 18.1 Å². The zero-order valence-corrected chi connectivity index (χ0v) is 15.6. The molecule has 2 amide bonds. The Balaban J connectivity index is 1.90. The van der Waals surface area contributed by atoms with Crippen molar-refractivity contribution < 1.29 is 26.7 Å². The first-order chi connectivity index (χ1) is 14.1. The van der Waals surface area contributed by atoms with Crippen molar-refractivity contribution in [2.45, 2.75) is 19.4 Å². The number of H-pyrrole nitrogens is 1. The molecule has 0 radical (unpaired) electrons. The van der Waals surface area contributed by atoms with Crippen molar-refractivity contribution in [3.63, 3.8) is 0 Å². The van der Waals surface area contributed by atoms with Gasteiger partial charge >= 0.3 is 6.03 Å². The number of aromatic amines is 1. The standard InChI is InChI=1S/C19H15F5N4O2/c1-8(16-10-6-14(21)15(22)7-11(10)18(29)27-26-16)28(2)19(30)25-9-3-4-13(20)12(5-9)17(23)24/h3-8,17H,1-2H3,(H,25,30)(H,27,29)/t8-/m0/s1. The molecule has 3 aromatic rings. The minimum absolute atomic E-state index is 0.00608. The van der Waals surface area contributed by atoms with Crippen LogP contribution in [0.25, 0.3) is 10.8 Å². The number of carbonyl (C=O) groups is 1. The second-order valence-electron chi connectivity index (χ2n) is 6.50. The fraction of sp³-hybridized carbons (Fsp3) is 0.211. The SMILES string of the molecule is C[C@@H](c1n[nH]c(=O)c2cc(F)c(F)cc12)N(C)C(=O)Nc1ccc(F)c(C(F)F)c1. The summed E-state index contributed by atoms with van der Waals surface area (Å²) in [6.45, 7) is 1.51. The van der Waals surface area contributed by atoms with Crippen LogP contribution in [0.15, 0.2) is 35.1 Å². The molecule has 0 unspecified atom stereocenters. The number of urea groups is 1. The molecule has 1 heterocycles. The van der Waals surface area contributed by atoms with Crippen molar-refractivity contribution in [3.05, 3.63) is 69.4 Å². The van der Waals surface area contributed by atoms with Crippen molar-refractivity contribution in [1.82, 2.24) is 15.1 Å². The summed E-state index contributed by atoms with van der Waals surface area (Å²) in [5.74, 6) is -3.51. The molecule has 0 aliphatic heterocycles. The van der Waals surface area contributed by atoms with Gasteiger partial charge in [0.25, 0.3) is 12.0 Å². The number of nitrogens with zero attached hydrogens (tertiary/aromatic N) is 2. The highest BCUT2D eigenvalue weighted by Crippen LogP contribution is 2.27. The molecule has 3 rings (SSSR count). The topological polar surface area (TPSA) is 78.1 Å². The fourth-order valence-corrected chi connectivity index (χ4v) is 2.86. The largest absolute Gasteiger partial charge is 0.322 e. The number of anilines is 1. The van der Waals surface area contributed by atoms with Gasteiger partial charge in [-0.05, 0) is 37.3 Å². The van der Waals surface area contributed by atoms with E-state index >= 15 is 0 Å². The number of benzene rings is 2. The van der Waals surface area contributed by atoms with Gasteiger partial charge in [-0.15, -0.1) is 0 Å². The molecule has 1 aromatic heterocycles. The lowest BCUT2D eigenvalue weighted by atomic mass is 10.1. The van der Waals surface area contributed by atoms with Crippen LogP contribution in [0, 0.1) is 17.5 Å². The van der Waals surface area contributed by atoms with Gasteiger partial charge in [0.15, 0.2) is 11.6 Å². The van der Waals surface area contributed by atoms with Crippen molar-refractivity contribution in [2.24, 2.45) is 0 Å². The van der Waals surface area contributed by atoms with Gasteiger partial charge in [0.05, 0.1) is 22.7 Å². The molecule has 1 atom stereocenters. The predicted octanol–water partition coefficient (Wildman–Crippen LogP) is 4.50. The van der Waals surface area contributed by atoms with Crippen LogP contribution in [-0.2, 0) is 0 Å². The van der Waals surface area contributed by atoms with E-state index in [0.29, 0.717) is 0 Å². The van der Waals surface area contributed by atoms with Gasteiger partial charge in [-0.1, -0.05) is 0 Å². The first-order valence-corrected chi connectivity index (χ1v) is 8.59. The number of alkyl halides is 2. The summed E-state index contributed by atoms with van der Waals surface area (Å²) in [5, 5.41) is 8.20. The second kappa shape index (κ2) is 8.09. The van der Waals surface area contributed by atoms with E-state index in [9.17, 15) is 31.5 Å². The molecule has 0 fully saturated rings. The summed E-state index contributed by atoms with van der Waals surface area (Å²) >= 11 is 0. The predicted molar refractivity (Wildman–Crippen MR) is 98.8 cm³/mol. The van der Waals surface area contributed by atoms with Crippen LogP contribution in [0.4, 0.5) is 32.4 Å². The quantitative estimate of drug-likeness (QED) is 0.603. The molecule has 6 nitrogen and oxygen atoms in total. The molecule has 0 aliphatic rings. The third kappa shape index (κ3) is 3.95. The number of hydrogen-bond donors (Lipinski definition) is 2.